The standard InChI is InChI=1S/C6H12N2O2.ClH/c1-2-10-6(9)8-3-5(7)4-8;/h5H,2-4,7H2,1H3;1H. The number of rotatable bonds is 1. The molecule has 0 aromatic rings. The molecule has 0 aliphatic carbocycles. The third kappa shape index (κ3) is 2.55. The molecule has 1 fully saturated rings. The molecule has 2 N–H and O–H groups in total. The monoisotopic (exact) mass is 180 g/mol. The number of nitrogens with zero attached hydrogens (tertiary/aromatic N) is 1. The molecule has 11 heavy (non-hydrogen) atoms. The zero-order valence-electron chi connectivity index (χ0n) is 6.45. The van der Waals surface area contributed by atoms with Crippen molar-refractivity contribution in [2.45, 2.75) is 13.0 Å². The Kier molecular flexibility index (Phi) is 4.22. The molecule has 0 aromatic heterocycles. The van der Waals surface area contributed by atoms with Gasteiger partial charge < -0.3 is 15.4 Å². The molecular weight excluding hydrogens is 168 g/mol. The summed E-state index contributed by atoms with van der Waals surface area (Å²) in [6.07, 6.45) is -0.246. The number of hydrogen-bond donors (Lipinski definition) is 1. The number of hydrogen-bond acceptors (Lipinski definition) is 3. The van der Waals surface area contributed by atoms with Crippen LogP contribution in [0, 0.1) is 0 Å². The molecule has 1 rings (SSSR count). The van der Waals surface area contributed by atoms with Crippen LogP contribution in [0.25, 0.3) is 0 Å². The summed E-state index contributed by atoms with van der Waals surface area (Å²) in [5.41, 5.74) is 5.45. The van der Waals surface area contributed by atoms with Gasteiger partial charge in [0.25, 0.3) is 0 Å². The van der Waals surface area contributed by atoms with Crippen LogP contribution in [0.1, 0.15) is 6.92 Å². The van der Waals surface area contributed by atoms with E-state index in [1.165, 1.54) is 0 Å². The fourth-order valence-electron chi connectivity index (χ4n) is 0.877. The number of likely N-dealkylation sites (tertiary alicyclic amines) is 1. The van der Waals surface area contributed by atoms with Crippen LogP contribution in [0.5, 0.6) is 0 Å². The third-order valence-electron chi connectivity index (χ3n) is 1.44. The first-order valence-electron chi connectivity index (χ1n) is 3.41. The average Bonchev–Trinajstić information content (AvgIpc) is 1.82. The van der Waals surface area contributed by atoms with Gasteiger partial charge in [0.1, 0.15) is 0 Å². The lowest BCUT2D eigenvalue weighted by molar-refractivity contribution is 0.0762. The first kappa shape index (κ1) is 10.5. The van der Waals surface area contributed by atoms with Crippen molar-refractivity contribution < 1.29 is 9.53 Å². The van der Waals surface area contributed by atoms with Gasteiger partial charge in [-0.15, -0.1) is 12.4 Å². The van der Waals surface area contributed by atoms with Gasteiger partial charge in [0.05, 0.1) is 6.61 Å². The zero-order chi connectivity index (χ0) is 7.56. The van der Waals surface area contributed by atoms with Gasteiger partial charge in [-0.1, -0.05) is 0 Å². The highest BCUT2D eigenvalue weighted by Crippen LogP contribution is 2.06. The van der Waals surface area contributed by atoms with Gasteiger partial charge in [-0.3, -0.25) is 0 Å². The SMILES string of the molecule is CCOC(=O)N1CC(N)C1.Cl. The molecule has 66 valence electrons. The predicted octanol–water partition coefficient (Wildman–Crippen LogP) is 0.208. The van der Waals surface area contributed by atoms with Crippen LogP contribution in [-0.4, -0.2) is 36.7 Å². The van der Waals surface area contributed by atoms with Crippen LogP contribution in [0.15, 0.2) is 0 Å². The van der Waals surface area contributed by atoms with E-state index in [4.69, 9.17) is 10.5 Å². The van der Waals surface area contributed by atoms with E-state index in [1.807, 2.05) is 0 Å². The molecule has 0 bridgehead atoms. The maximum Gasteiger partial charge on any atom is 0.409 e. The van der Waals surface area contributed by atoms with Gasteiger partial charge in [0.15, 0.2) is 0 Å². The van der Waals surface area contributed by atoms with Crippen molar-refractivity contribution in [3.63, 3.8) is 0 Å². The lowest BCUT2D eigenvalue weighted by Crippen LogP contribution is -2.57. The number of carbonyl (C=O) groups excluding carboxylic acids is 1. The summed E-state index contributed by atoms with van der Waals surface area (Å²) in [6.45, 7) is 3.50. The summed E-state index contributed by atoms with van der Waals surface area (Å²) in [6, 6.07) is 0.157. The van der Waals surface area contributed by atoms with Crippen LogP contribution < -0.4 is 5.73 Å². The summed E-state index contributed by atoms with van der Waals surface area (Å²) >= 11 is 0. The first-order valence-corrected chi connectivity index (χ1v) is 3.41. The Hall–Kier alpha value is -0.480. The molecular formula is C6H13ClN2O2. The molecule has 0 atom stereocenters. The van der Waals surface area contributed by atoms with Gasteiger partial charge in [-0.25, -0.2) is 4.79 Å². The minimum Gasteiger partial charge on any atom is -0.450 e. The summed E-state index contributed by atoms with van der Waals surface area (Å²) in [7, 11) is 0. The molecule has 4 nitrogen and oxygen atoms in total. The Balaban J connectivity index is 0.000001000. The van der Waals surface area contributed by atoms with Gasteiger partial charge in [0.2, 0.25) is 0 Å². The highest BCUT2D eigenvalue weighted by atomic mass is 35.5. The Morgan fingerprint density at radius 3 is 2.64 bits per heavy atom. The van der Waals surface area contributed by atoms with E-state index in [0.717, 1.165) is 0 Å². The van der Waals surface area contributed by atoms with E-state index in [1.54, 1.807) is 11.8 Å². The largest absolute Gasteiger partial charge is 0.450 e. The topological polar surface area (TPSA) is 55.6 Å². The molecule has 1 amide bonds. The Morgan fingerprint density at radius 2 is 2.27 bits per heavy atom. The lowest BCUT2D eigenvalue weighted by atomic mass is 10.1. The normalized spacial score (nSPS) is 16.7. The van der Waals surface area contributed by atoms with E-state index >= 15 is 0 Å². The van der Waals surface area contributed by atoms with Crippen LogP contribution in [0.2, 0.25) is 0 Å². The smallest absolute Gasteiger partial charge is 0.409 e. The summed E-state index contributed by atoms with van der Waals surface area (Å²) in [5.74, 6) is 0. The van der Waals surface area contributed by atoms with E-state index < -0.39 is 0 Å². The second-order valence-corrected chi connectivity index (χ2v) is 2.36. The van der Waals surface area contributed by atoms with Crippen LogP contribution >= 0.6 is 12.4 Å². The molecule has 5 heteroatoms. The van der Waals surface area contributed by atoms with Gasteiger partial charge in [-0.2, -0.15) is 0 Å². The Bertz CT molecular complexity index is 137. The van der Waals surface area contributed by atoms with Gasteiger partial charge in [-0.05, 0) is 6.92 Å². The van der Waals surface area contributed by atoms with Crippen molar-refractivity contribution >= 4 is 18.5 Å². The second-order valence-electron chi connectivity index (χ2n) is 2.36. The summed E-state index contributed by atoms with van der Waals surface area (Å²) in [5, 5.41) is 0. The zero-order valence-corrected chi connectivity index (χ0v) is 7.26. The number of amides is 1. The highest BCUT2D eigenvalue weighted by Gasteiger charge is 2.28. The van der Waals surface area contributed by atoms with Crippen LogP contribution in [0.3, 0.4) is 0 Å². The van der Waals surface area contributed by atoms with Crippen molar-refractivity contribution in [1.29, 1.82) is 0 Å². The van der Waals surface area contributed by atoms with Crippen molar-refractivity contribution in [3.8, 4) is 0 Å². The lowest BCUT2D eigenvalue weighted by Gasteiger charge is -2.35. The predicted molar refractivity (Wildman–Crippen MR) is 43.8 cm³/mol. The number of nitrogens with two attached hydrogens (primary N) is 1. The first-order chi connectivity index (χ1) is 4.74. The Morgan fingerprint density at radius 1 is 1.73 bits per heavy atom. The minimum atomic E-state index is -0.246. The fraction of sp³-hybridized carbons (Fsp3) is 0.833. The minimum absolute atomic E-state index is 0. The molecule has 0 unspecified atom stereocenters. The van der Waals surface area contributed by atoms with E-state index in [9.17, 15) is 4.79 Å². The van der Waals surface area contributed by atoms with E-state index in [2.05, 4.69) is 0 Å². The quantitative estimate of drug-likeness (QED) is 0.628. The summed E-state index contributed by atoms with van der Waals surface area (Å²) in [4.78, 5) is 12.4. The maximum atomic E-state index is 10.8. The number of carbonyl (C=O) groups is 1. The third-order valence-corrected chi connectivity index (χ3v) is 1.44. The Labute approximate surface area is 72.1 Å². The van der Waals surface area contributed by atoms with E-state index in [-0.39, 0.29) is 24.5 Å². The number of ether oxygens (including phenoxy) is 1. The van der Waals surface area contributed by atoms with Crippen LogP contribution in [0.4, 0.5) is 4.79 Å². The van der Waals surface area contributed by atoms with Crippen molar-refractivity contribution in [3.05, 3.63) is 0 Å². The fourth-order valence-corrected chi connectivity index (χ4v) is 0.877. The molecule has 0 radical (unpaired) electrons. The van der Waals surface area contributed by atoms with Gasteiger partial charge >= 0.3 is 6.09 Å². The second kappa shape index (κ2) is 4.41. The van der Waals surface area contributed by atoms with Crippen molar-refractivity contribution in [2.24, 2.45) is 5.73 Å². The van der Waals surface area contributed by atoms with Crippen molar-refractivity contribution in [2.75, 3.05) is 19.7 Å². The highest BCUT2D eigenvalue weighted by molar-refractivity contribution is 5.85. The average molecular weight is 181 g/mol. The molecule has 1 aliphatic heterocycles. The van der Waals surface area contributed by atoms with E-state index in [0.29, 0.717) is 19.7 Å². The van der Waals surface area contributed by atoms with Crippen molar-refractivity contribution in [1.82, 2.24) is 4.90 Å². The molecule has 0 spiro atoms. The molecule has 0 saturated carbocycles. The molecule has 1 heterocycles. The molecule has 1 aliphatic rings. The summed E-state index contributed by atoms with van der Waals surface area (Å²) < 4.78 is 4.73. The number of halogens is 1. The maximum absolute atomic E-state index is 10.8. The van der Waals surface area contributed by atoms with Gasteiger partial charge in [0, 0.05) is 19.1 Å². The molecule has 0 aromatic carbocycles. The molecule has 1 saturated heterocycles. The van der Waals surface area contributed by atoms with Crippen LogP contribution in [-0.2, 0) is 4.74 Å².